The molecule has 7 nitrogen and oxygen atoms in total. The average molecular weight is 411 g/mol. The molecular formula is C21H21N3O4S. The van der Waals surface area contributed by atoms with Gasteiger partial charge in [0.2, 0.25) is 0 Å². The molecule has 1 saturated heterocycles. The van der Waals surface area contributed by atoms with Crippen molar-refractivity contribution in [2.24, 2.45) is 5.73 Å². The van der Waals surface area contributed by atoms with Crippen molar-refractivity contribution in [1.82, 2.24) is 0 Å². The lowest BCUT2D eigenvalue weighted by atomic mass is 10.0. The summed E-state index contributed by atoms with van der Waals surface area (Å²) < 4.78 is 10.9. The number of ether oxygens (including phenoxy) is 2. The van der Waals surface area contributed by atoms with E-state index in [1.54, 1.807) is 6.07 Å². The predicted octanol–water partition coefficient (Wildman–Crippen LogP) is 3.33. The number of carbonyl (C=O) groups is 2. The summed E-state index contributed by atoms with van der Waals surface area (Å²) in [6, 6.07) is 12.9. The van der Waals surface area contributed by atoms with Gasteiger partial charge in [0.15, 0.2) is 0 Å². The van der Waals surface area contributed by atoms with Crippen LogP contribution >= 0.6 is 11.3 Å². The Hall–Kier alpha value is -3.39. The van der Waals surface area contributed by atoms with Crippen molar-refractivity contribution in [3.05, 3.63) is 58.5 Å². The minimum atomic E-state index is -0.618. The second-order valence-corrected chi connectivity index (χ2v) is 7.41. The van der Waals surface area contributed by atoms with E-state index in [4.69, 9.17) is 21.6 Å². The lowest BCUT2D eigenvalue weighted by Gasteiger charge is -2.14. The first-order valence-corrected chi connectivity index (χ1v) is 9.73. The molecule has 1 aromatic heterocycles. The van der Waals surface area contributed by atoms with Gasteiger partial charge in [-0.3, -0.25) is 15.0 Å². The van der Waals surface area contributed by atoms with Crippen LogP contribution in [0.25, 0.3) is 10.1 Å². The van der Waals surface area contributed by atoms with Crippen molar-refractivity contribution in [1.29, 1.82) is 5.41 Å². The van der Waals surface area contributed by atoms with Gasteiger partial charge in [-0.05, 0) is 36.1 Å². The number of anilines is 1. The summed E-state index contributed by atoms with van der Waals surface area (Å²) in [6.45, 7) is 0.638. The Kier molecular flexibility index (Phi) is 6.13. The van der Waals surface area contributed by atoms with Gasteiger partial charge in [0.05, 0.1) is 35.4 Å². The Morgan fingerprint density at radius 2 is 2.00 bits per heavy atom. The molecule has 0 saturated carbocycles. The summed E-state index contributed by atoms with van der Waals surface area (Å²) in [5.74, 6) is -0.429. The van der Waals surface area contributed by atoms with Gasteiger partial charge in [-0.2, -0.15) is 0 Å². The molecule has 1 aliphatic rings. The maximum absolute atomic E-state index is 11.6. The number of benzene rings is 2. The van der Waals surface area contributed by atoms with E-state index in [1.807, 2.05) is 30.3 Å². The molecule has 3 aromatic rings. The number of nitrogens with one attached hydrogen (secondary N) is 1. The number of hydrogen-bond donors (Lipinski definition) is 3. The quantitative estimate of drug-likeness (QED) is 0.345. The zero-order chi connectivity index (χ0) is 21.0. The van der Waals surface area contributed by atoms with Crippen molar-refractivity contribution >= 4 is 44.7 Å². The highest BCUT2D eigenvalue weighted by atomic mass is 32.1. The first-order chi connectivity index (χ1) is 13.9. The molecule has 150 valence electrons. The van der Waals surface area contributed by atoms with Gasteiger partial charge in [-0.25, -0.2) is 0 Å². The van der Waals surface area contributed by atoms with Crippen LogP contribution in [0.1, 0.15) is 33.6 Å². The second-order valence-electron chi connectivity index (χ2n) is 6.32. The lowest BCUT2D eigenvalue weighted by Crippen LogP contribution is -2.16. The van der Waals surface area contributed by atoms with Crippen LogP contribution in [0, 0.1) is 5.41 Å². The standard InChI is InChI=1S/C17H15N3O2S.C4H6O2/c1-22-16-10(17(20)21)6-7-11(18)14(16)15(19)13-8-9-4-2-3-5-12(9)23-13;5-4-2-1-3-6-4/h2-8,19H,18H2,1H3,(H2,20,21);1-3H2. The fourth-order valence-corrected chi connectivity index (χ4v) is 3.98. The molecule has 0 radical (unpaired) electrons. The van der Waals surface area contributed by atoms with Crippen LogP contribution in [0.3, 0.4) is 0 Å². The van der Waals surface area contributed by atoms with E-state index in [0.29, 0.717) is 24.3 Å². The number of rotatable bonds is 4. The largest absolute Gasteiger partial charge is 0.495 e. The van der Waals surface area contributed by atoms with E-state index in [2.05, 4.69) is 4.74 Å². The maximum Gasteiger partial charge on any atom is 0.305 e. The van der Waals surface area contributed by atoms with Crippen molar-refractivity contribution in [3.8, 4) is 5.75 Å². The molecule has 1 fully saturated rings. The number of methoxy groups -OCH3 is 1. The van der Waals surface area contributed by atoms with Crippen LogP contribution in [0.5, 0.6) is 5.75 Å². The summed E-state index contributed by atoms with van der Waals surface area (Å²) >= 11 is 1.49. The molecule has 4 rings (SSSR count). The number of carbonyl (C=O) groups excluding carboxylic acids is 2. The van der Waals surface area contributed by atoms with Gasteiger partial charge >= 0.3 is 5.97 Å². The average Bonchev–Trinajstić information content (AvgIpc) is 3.36. The first-order valence-electron chi connectivity index (χ1n) is 8.92. The number of nitrogens with two attached hydrogens (primary N) is 2. The van der Waals surface area contributed by atoms with Crippen LogP contribution in [-0.4, -0.2) is 31.3 Å². The summed E-state index contributed by atoms with van der Waals surface area (Å²) in [5.41, 5.74) is 12.6. The minimum absolute atomic E-state index is 0.0463. The number of nitrogen functional groups attached to an aromatic ring is 1. The molecule has 0 bridgehead atoms. The summed E-state index contributed by atoms with van der Waals surface area (Å²) in [7, 11) is 1.43. The summed E-state index contributed by atoms with van der Waals surface area (Å²) in [6.07, 6.45) is 1.54. The van der Waals surface area contributed by atoms with E-state index >= 15 is 0 Å². The molecule has 8 heteroatoms. The van der Waals surface area contributed by atoms with Crippen LogP contribution in [-0.2, 0) is 9.53 Å². The maximum atomic E-state index is 11.6. The number of hydrogen-bond acceptors (Lipinski definition) is 7. The highest BCUT2D eigenvalue weighted by Crippen LogP contribution is 2.34. The van der Waals surface area contributed by atoms with E-state index in [-0.39, 0.29) is 23.0 Å². The molecule has 5 N–H and O–H groups in total. The third-order valence-electron chi connectivity index (χ3n) is 4.37. The van der Waals surface area contributed by atoms with Crippen molar-refractivity contribution in [3.63, 3.8) is 0 Å². The molecule has 2 heterocycles. The molecule has 0 spiro atoms. The Bertz CT molecular complexity index is 1050. The Morgan fingerprint density at radius 1 is 1.24 bits per heavy atom. The van der Waals surface area contributed by atoms with Crippen LogP contribution in [0.4, 0.5) is 5.69 Å². The first kappa shape index (κ1) is 20.3. The molecule has 2 aromatic carbocycles. The third kappa shape index (κ3) is 4.38. The second kappa shape index (κ2) is 8.74. The number of thiophene rings is 1. The van der Waals surface area contributed by atoms with E-state index in [1.165, 1.54) is 24.5 Å². The number of cyclic esters (lactones) is 1. The zero-order valence-corrected chi connectivity index (χ0v) is 16.7. The molecular weight excluding hydrogens is 390 g/mol. The molecule has 1 amide bonds. The highest BCUT2D eigenvalue weighted by Gasteiger charge is 2.21. The monoisotopic (exact) mass is 411 g/mol. The van der Waals surface area contributed by atoms with Crippen LogP contribution in [0.2, 0.25) is 0 Å². The SMILES string of the molecule is COc1c(C(N)=O)ccc(N)c1C(=N)c1cc2ccccc2s1.O=C1CCCO1. The van der Waals surface area contributed by atoms with Crippen molar-refractivity contribution < 1.29 is 19.1 Å². The van der Waals surface area contributed by atoms with Crippen molar-refractivity contribution in [2.45, 2.75) is 12.8 Å². The number of primary amides is 1. The van der Waals surface area contributed by atoms with E-state index in [0.717, 1.165) is 21.4 Å². The van der Waals surface area contributed by atoms with Gasteiger partial charge in [-0.15, -0.1) is 11.3 Å². The fraction of sp³-hybridized carbons (Fsp3) is 0.190. The number of fused-ring (bicyclic) bond motifs is 1. The normalized spacial score (nSPS) is 12.8. The molecule has 0 atom stereocenters. The Labute approximate surface area is 171 Å². The van der Waals surface area contributed by atoms with E-state index in [9.17, 15) is 9.59 Å². The van der Waals surface area contributed by atoms with Crippen LogP contribution in [0.15, 0.2) is 42.5 Å². The van der Waals surface area contributed by atoms with Crippen molar-refractivity contribution in [2.75, 3.05) is 19.5 Å². The smallest absolute Gasteiger partial charge is 0.305 e. The predicted molar refractivity (Wildman–Crippen MR) is 114 cm³/mol. The minimum Gasteiger partial charge on any atom is -0.495 e. The molecule has 1 aliphatic heterocycles. The van der Waals surface area contributed by atoms with E-state index < -0.39 is 5.91 Å². The zero-order valence-electron chi connectivity index (χ0n) is 15.9. The van der Waals surface area contributed by atoms with Gasteiger partial charge in [0, 0.05) is 16.8 Å². The number of esters is 1. The molecule has 29 heavy (non-hydrogen) atoms. The fourth-order valence-electron chi connectivity index (χ4n) is 2.96. The topological polar surface area (TPSA) is 128 Å². The summed E-state index contributed by atoms with van der Waals surface area (Å²) in [4.78, 5) is 22.3. The lowest BCUT2D eigenvalue weighted by molar-refractivity contribution is -0.137. The van der Waals surface area contributed by atoms with Crippen LogP contribution < -0.4 is 16.2 Å². The van der Waals surface area contributed by atoms with Gasteiger partial charge in [0.1, 0.15) is 5.75 Å². The Balaban J connectivity index is 0.000000343. The highest BCUT2D eigenvalue weighted by molar-refractivity contribution is 7.21. The van der Waals surface area contributed by atoms with Gasteiger partial charge in [0.25, 0.3) is 5.91 Å². The number of amides is 1. The third-order valence-corrected chi connectivity index (χ3v) is 5.50. The molecule has 0 unspecified atom stereocenters. The molecule has 0 aliphatic carbocycles. The summed E-state index contributed by atoms with van der Waals surface area (Å²) in [5, 5.41) is 9.58. The Morgan fingerprint density at radius 3 is 2.55 bits per heavy atom. The van der Waals surface area contributed by atoms with Gasteiger partial charge < -0.3 is 20.9 Å². The van der Waals surface area contributed by atoms with Gasteiger partial charge in [-0.1, -0.05) is 18.2 Å².